The average Bonchev–Trinajstić information content (AvgIpc) is 2.34. The third kappa shape index (κ3) is 5.03. The van der Waals surface area contributed by atoms with Gasteiger partial charge in [0.15, 0.2) is 15.1 Å². The van der Waals surface area contributed by atoms with Gasteiger partial charge in [0.05, 0.1) is 5.75 Å². The second-order valence-electron chi connectivity index (χ2n) is 5.07. The molecule has 4 nitrogen and oxygen atoms in total. The summed E-state index contributed by atoms with van der Waals surface area (Å²) in [5.41, 5.74) is 0.725. The molecule has 19 heavy (non-hydrogen) atoms. The lowest BCUT2D eigenvalue weighted by Gasteiger charge is -2.14. The first-order chi connectivity index (χ1) is 8.83. The Morgan fingerprint density at radius 1 is 1.21 bits per heavy atom. The smallest absolute Gasteiger partial charge is 0.322 e. The van der Waals surface area contributed by atoms with Crippen LogP contribution in [-0.2, 0) is 21.1 Å². The fraction of sp³-hybridized carbons (Fsp3) is 0.500. The Labute approximate surface area is 114 Å². The minimum absolute atomic E-state index is 0.0244. The second kappa shape index (κ2) is 6.70. The van der Waals surface area contributed by atoms with E-state index in [1.807, 2.05) is 19.9 Å². The van der Waals surface area contributed by atoms with Crippen LogP contribution < -0.4 is 0 Å². The van der Waals surface area contributed by atoms with Gasteiger partial charge in [-0.3, -0.25) is 4.79 Å². The molecule has 1 rings (SSSR count). The zero-order valence-corrected chi connectivity index (χ0v) is 12.1. The Hall–Kier alpha value is -1.36. The molecule has 1 aromatic carbocycles. The van der Waals surface area contributed by atoms with Crippen molar-refractivity contribution in [2.75, 3.05) is 5.75 Å². The lowest BCUT2D eigenvalue weighted by molar-refractivity contribution is -0.136. The van der Waals surface area contributed by atoms with Crippen molar-refractivity contribution in [3.8, 4) is 0 Å². The van der Waals surface area contributed by atoms with E-state index in [4.69, 9.17) is 5.11 Å². The predicted molar refractivity (Wildman–Crippen MR) is 74.8 cm³/mol. The molecule has 1 aromatic rings. The third-order valence-electron chi connectivity index (χ3n) is 2.95. The van der Waals surface area contributed by atoms with E-state index in [-0.39, 0.29) is 18.1 Å². The van der Waals surface area contributed by atoms with Crippen LogP contribution in [0.4, 0.5) is 0 Å². The summed E-state index contributed by atoms with van der Waals surface area (Å²) in [5.74, 6) is -1.11. The summed E-state index contributed by atoms with van der Waals surface area (Å²) in [7, 11) is -3.61. The molecule has 0 aliphatic carbocycles. The van der Waals surface area contributed by atoms with Crippen molar-refractivity contribution < 1.29 is 18.3 Å². The molecule has 1 atom stereocenters. The highest BCUT2D eigenvalue weighted by atomic mass is 32.2. The fourth-order valence-electron chi connectivity index (χ4n) is 1.74. The summed E-state index contributed by atoms with van der Waals surface area (Å²) in [5, 5.41) is 7.80. The summed E-state index contributed by atoms with van der Waals surface area (Å²) in [4.78, 5) is 11.2. The molecule has 0 aliphatic heterocycles. The number of sulfone groups is 1. The van der Waals surface area contributed by atoms with E-state index in [1.165, 1.54) is 0 Å². The van der Waals surface area contributed by atoms with E-state index in [1.54, 1.807) is 24.3 Å². The molecule has 0 aliphatic rings. The largest absolute Gasteiger partial charge is 0.480 e. The van der Waals surface area contributed by atoms with E-state index in [0.29, 0.717) is 6.42 Å². The molecule has 5 heteroatoms. The molecule has 0 amide bonds. The molecular formula is C14H20O4S. The first-order valence-electron chi connectivity index (χ1n) is 6.31. The fourth-order valence-corrected chi connectivity index (χ4v) is 3.58. The van der Waals surface area contributed by atoms with Gasteiger partial charge in [-0.05, 0) is 24.3 Å². The number of aliphatic carboxylic acids is 1. The van der Waals surface area contributed by atoms with Gasteiger partial charge in [-0.15, -0.1) is 0 Å². The third-order valence-corrected chi connectivity index (χ3v) is 4.99. The first kappa shape index (κ1) is 15.7. The average molecular weight is 284 g/mol. The number of carboxylic acids is 1. The number of hydrogen-bond acceptors (Lipinski definition) is 3. The Balaban J connectivity index is 2.86. The Bertz CT molecular complexity index is 506. The van der Waals surface area contributed by atoms with Crippen LogP contribution in [-0.4, -0.2) is 30.5 Å². The maximum atomic E-state index is 12.1. The van der Waals surface area contributed by atoms with Crippen LogP contribution in [0.2, 0.25) is 0 Å². The molecule has 0 spiro atoms. The maximum absolute atomic E-state index is 12.1. The lowest BCUT2D eigenvalue weighted by atomic mass is 10.1. The summed E-state index contributed by atoms with van der Waals surface area (Å²) in [6.45, 7) is 3.84. The van der Waals surface area contributed by atoms with Crippen molar-refractivity contribution in [3.05, 3.63) is 35.9 Å². The van der Waals surface area contributed by atoms with Gasteiger partial charge >= 0.3 is 5.97 Å². The zero-order chi connectivity index (χ0) is 14.5. The standard InChI is InChI=1S/C14H20O4S/c1-11(2)8-9-19(17,18)13(14(15)16)10-12-6-4-3-5-7-12/h3-7,11,13H,8-10H2,1-2H3,(H,15,16). The number of rotatable bonds is 7. The number of hydrogen-bond donors (Lipinski definition) is 1. The van der Waals surface area contributed by atoms with Gasteiger partial charge in [0.1, 0.15) is 0 Å². The molecule has 0 fully saturated rings. The summed E-state index contributed by atoms with van der Waals surface area (Å²) in [6.07, 6.45) is 0.511. The topological polar surface area (TPSA) is 71.4 Å². The van der Waals surface area contributed by atoms with Crippen molar-refractivity contribution in [1.82, 2.24) is 0 Å². The maximum Gasteiger partial charge on any atom is 0.322 e. The molecule has 0 heterocycles. The molecule has 0 bridgehead atoms. The number of carbonyl (C=O) groups is 1. The van der Waals surface area contributed by atoms with E-state index in [2.05, 4.69) is 0 Å². The summed E-state index contributed by atoms with van der Waals surface area (Å²) >= 11 is 0. The van der Waals surface area contributed by atoms with Crippen LogP contribution in [0.5, 0.6) is 0 Å². The van der Waals surface area contributed by atoms with Gasteiger partial charge in [0, 0.05) is 0 Å². The van der Waals surface area contributed by atoms with Gasteiger partial charge in [0.25, 0.3) is 0 Å². The van der Waals surface area contributed by atoms with Gasteiger partial charge in [-0.2, -0.15) is 0 Å². The normalized spacial score (nSPS) is 13.4. The van der Waals surface area contributed by atoms with E-state index in [9.17, 15) is 13.2 Å². The monoisotopic (exact) mass is 284 g/mol. The zero-order valence-electron chi connectivity index (χ0n) is 11.2. The molecule has 0 radical (unpaired) electrons. The van der Waals surface area contributed by atoms with Crippen LogP contribution in [0.1, 0.15) is 25.8 Å². The SMILES string of the molecule is CC(C)CCS(=O)(=O)C(Cc1ccccc1)C(=O)O. The van der Waals surface area contributed by atoms with Gasteiger partial charge in [-0.25, -0.2) is 8.42 Å². The molecule has 1 N–H and O–H groups in total. The van der Waals surface area contributed by atoms with Crippen molar-refractivity contribution in [3.63, 3.8) is 0 Å². The molecule has 0 saturated heterocycles. The summed E-state index contributed by atoms with van der Waals surface area (Å²) in [6, 6.07) is 8.85. The minimum atomic E-state index is -3.61. The molecular weight excluding hydrogens is 264 g/mol. The van der Waals surface area contributed by atoms with Crippen molar-refractivity contribution in [2.24, 2.45) is 5.92 Å². The van der Waals surface area contributed by atoms with Crippen LogP contribution in [0, 0.1) is 5.92 Å². The first-order valence-corrected chi connectivity index (χ1v) is 8.02. The molecule has 0 aromatic heterocycles. The Kier molecular flexibility index (Phi) is 5.54. The number of carboxylic acid groups (broad SMARTS) is 1. The van der Waals surface area contributed by atoms with Crippen LogP contribution >= 0.6 is 0 Å². The lowest BCUT2D eigenvalue weighted by Crippen LogP contribution is -2.34. The minimum Gasteiger partial charge on any atom is -0.480 e. The Morgan fingerprint density at radius 3 is 2.26 bits per heavy atom. The van der Waals surface area contributed by atoms with Gasteiger partial charge < -0.3 is 5.11 Å². The molecule has 106 valence electrons. The number of benzene rings is 1. The van der Waals surface area contributed by atoms with Crippen molar-refractivity contribution in [1.29, 1.82) is 0 Å². The van der Waals surface area contributed by atoms with E-state index in [0.717, 1.165) is 5.56 Å². The quantitative estimate of drug-likeness (QED) is 0.832. The Morgan fingerprint density at radius 2 is 1.79 bits per heavy atom. The second-order valence-corrected chi connectivity index (χ2v) is 7.37. The van der Waals surface area contributed by atoms with Crippen LogP contribution in [0.25, 0.3) is 0 Å². The van der Waals surface area contributed by atoms with E-state index < -0.39 is 21.1 Å². The van der Waals surface area contributed by atoms with Gasteiger partial charge in [0.2, 0.25) is 0 Å². The van der Waals surface area contributed by atoms with Crippen molar-refractivity contribution >= 4 is 15.8 Å². The highest BCUT2D eigenvalue weighted by molar-refractivity contribution is 7.92. The van der Waals surface area contributed by atoms with Crippen molar-refractivity contribution in [2.45, 2.75) is 31.9 Å². The van der Waals surface area contributed by atoms with Crippen LogP contribution in [0.15, 0.2) is 30.3 Å². The predicted octanol–water partition coefficient (Wildman–Crippen LogP) is 2.14. The molecule has 0 saturated carbocycles. The van der Waals surface area contributed by atoms with Gasteiger partial charge in [-0.1, -0.05) is 44.2 Å². The highest BCUT2D eigenvalue weighted by Crippen LogP contribution is 2.14. The van der Waals surface area contributed by atoms with Crippen LogP contribution in [0.3, 0.4) is 0 Å². The summed E-state index contributed by atoms with van der Waals surface area (Å²) < 4.78 is 24.2. The van der Waals surface area contributed by atoms with E-state index >= 15 is 0 Å². The highest BCUT2D eigenvalue weighted by Gasteiger charge is 2.32. The molecule has 1 unspecified atom stereocenters.